The van der Waals surface area contributed by atoms with Gasteiger partial charge in [0.2, 0.25) is 15.8 Å². The van der Waals surface area contributed by atoms with Crippen LogP contribution in [-0.4, -0.2) is 21.2 Å². The van der Waals surface area contributed by atoms with Gasteiger partial charge in [0.25, 0.3) is 0 Å². The third kappa shape index (κ3) is 3.65. The minimum Gasteiger partial charge on any atom is -0.289 e. The summed E-state index contributed by atoms with van der Waals surface area (Å²) in [7, 11) is -2.52. The molecule has 0 amide bonds. The van der Waals surface area contributed by atoms with Crippen molar-refractivity contribution in [1.82, 2.24) is 4.72 Å². The Hall–Kier alpha value is -2.59. The highest BCUT2D eigenvalue weighted by Crippen LogP contribution is 2.24. The predicted molar refractivity (Wildman–Crippen MR) is 82.3 cm³/mol. The second-order valence-corrected chi connectivity index (χ2v) is 6.80. The van der Waals surface area contributed by atoms with E-state index in [0.717, 1.165) is 24.3 Å². The first-order valence-corrected chi connectivity index (χ1v) is 8.36. The highest BCUT2D eigenvalue weighted by Gasteiger charge is 2.24. The molecule has 0 bridgehead atoms. The first-order chi connectivity index (χ1) is 12.1. The molecule has 2 aromatic rings. The lowest BCUT2D eigenvalue weighted by Gasteiger charge is -2.04. The van der Waals surface area contributed by atoms with E-state index in [1.807, 2.05) is 0 Å². The van der Waals surface area contributed by atoms with Crippen molar-refractivity contribution in [3.05, 3.63) is 70.6 Å². The van der Waals surface area contributed by atoms with Crippen LogP contribution in [0.15, 0.2) is 35.2 Å². The number of halogens is 5. The third-order valence-corrected chi connectivity index (χ3v) is 4.79. The summed E-state index contributed by atoms with van der Waals surface area (Å²) in [6, 6.07) is 4.50. The number of hydrogen-bond donors (Lipinski definition) is 1. The van der Waals surface area contributed by atoms with Crippen LogP contribution in [0.1, 0.15) is 15.9 Å². The predicted octanol–water partition coefficient (Wildman–Crippen LogP) is 3.19. The van der Waals surface area contributed by atoms with Gasteiger partial charge in [-0.3, -0.25) is 4.79 Å². The fourth-order valence-corrected chi connectivity index (χ4v) is 2.67. The van der Waals surface area contributed by atoms with Gasteiger partial charge in [-0.2, -0.15) is 0 Å². The number of sulfonamides is 1. The lowest BCUT2D eigenvalue weighted by atomic mass is 10.1. The van der Waals surface area contributed by atoms with E-state index in [-0.39, 0.29) is 10.5 Å². The molecular weight excluding hydrogens is 381 g/mol. The zero-order valence-corrected chi connectivity index (χ0v) is 13.8. The van der Waals surface area contributed by atoms with Crippen molar-refractivity contribution < 1.29 is 35.2 Å². The minimum absolute atomic E-state index is 0.0554. The summed E-state index contributed by atoms with van der Waals surface area (Å²) in [5.41, 5.74) is -1.32. The van der Waals surface area contributed by atoms with Crippen molar-refractivity contribution in [2.75, 3.05) is 7.05 Å². The molecule has 0 saturated carbocycles. The van der Waals surface area contributed by atoms with E-state index in [0.29, 0.717) is 12.2 Å². The molecule has 0 aliphatic heterocycles. The Bertz CT molecular complexity index is 973. The van der Waals surface area contributed by atoms with Crippen molar-refractivity contribution in [1.29, 1.82) is 0 Å². The summed E-state index contributed by atoms with van der Waals surface area (Å²) in [4.78, 5) is 11.8. The van der Waals surface area contributed by atoms with Crippen LogP contribution >= 0.6 is 0 Å². The van der Waals surface area contributed by atoms with Gasteiger partial charge >= 0.3 is 0 Å². The zero-order valence-electron chi connectivity index (χ0n) is 13.0. The first kappa shape index (κ1) is 19.7. The van der Waals surface area contributed by atoms with Crippen molar-refractivity contribution in [2.24, 2.45) is 0 Å². The van der Waals surface area contributed by atoms with Crippen LogP contribution in [0.3, 0.4) is 0 Å². The molecule has 10 heteroatoms. The van der Waals surface area contributed by atoms with Crippen LogP contribution in [0.5, 0.6) is 0 Å². The van der Waals surface area contributed by atoms with Crippen molar-refractivity contribution in [3.8, 4) is 0 Å². The van der Waals surface area contributed by atoms with Gasteiger partial charge in [-0.25, -0.2) is 35.1 Å². The summed E-state index contributed by atoms with van der Waals surface area (Å²) in [6.07, 6.45) is 1.07. The zero-order chi connectivity index (χ0) is 19.6. The topological polar surface area (TPSA) is 63.2 Å². The molecule has 0 spiro atoms. The Kier molecular flexibility index (Phi) is 5.57. The number of nitrogens with one attached hydrogen (secondary N) is 1. The molecule has 2 aromatic carbocycles. The summed E-state index contributed by atoms with van der Waals surface area (Å²) in [5.74, 6) is -11.5. The molecule has 0 aliphatic carbocycles. The van der Waals surface area contributed by atoms with Gasteiger partial charge in [0.05, 0.1) is 10.5 Å². The van der Waals surface area contributed by atoms with Crippen molar-refractivity contribution in [3.63, 3.8) is 0 Å². The number of hydrogen-bond acceptors (Lipinski definition) is 3. The molecule has 0 radical (unpaired) electrons. The van der Waals surface area contributed by atoms with Crippen LogP contribution in [0.4, 0.5) is 22.0 Å². The molecule has 26 heavy (non-hydrogen) atoms. The molecule has 0 heterocycles. The van der Waals surface area contributed by atoms with Crippen LogP contribution in [0.25, 0.3) is 6.08 Å². The van der Waals surface area contributed by atoms with Gasteiger partial charge in [0, 0.05) is 5.56 Å². The van der Waals surface area contributed by atoms with Crippen molar-refractivity contribution in [2.45, 2.75) is 4.90 Å². The lowest BCUT2D eigenvalue weighted by Crippen LogP contribution is -2.18. The molecular formula is C16H10F5NO3S. The average Bonchev–Trinajstić information content (AvgIpc) is 2.64. The van der Waals surface area contributed by atoms with Crippen LogP contribution in [0.2, 0.25) is 0 Å². The molecule has 0 atom stereocenters. The molecule has 1 N–H and O–H groups in total. The number of benzene rings is 2. The Morgan fingerprint density at radius 1 is 0.885 bits per heavy atom. The highest BCUT2D eigenvalue weighted by atomic mass is 32.2. The third-order valence-electron chi connectivity index (χ3n) is 3.36. The Labute approximate surface area is 145 Å². The van der Waals surface area contributed by atoms with Crippen LogP contribution < -0.4 is 4.72 Å². The van der Waals surface area contributed by atoms with E-state index in [4.69, 9.17) is 0 Å². The summed E-state index contributed by atoms with van der Waals surface area (Å²) >= 11 is 0. The maximum atomic E-state index is 13.5. The Morgan fingerprint density at radius 3 is 1.81 bits per heavy atom. The minimum atomic E-state index is -3.72. The number of carbonyl (C=O) groups excluding carboxylic acids is 1. The quantitative estimate of drug-likeness (QED) is 0.280. The van der Waals surface area contributed by atoms with E-state index < -0.39 is 50.5 Å². The standard InChI is InChI=1S/C16H10F5NO3S/c1-22-26(24,25)9-4-2-8(3-5-9)11(23)7-6-10-12(17)14(19)16(21)15(20)13(10)18/h2-7,22H,1H3/b7-6+. The van der Waals surface area contributed by atoms with E-state index in [2.05, 4.69) is 4.72 Å². The van der Waals surface area contributed by atoms with Crippen molar-refractivity contribution >= 4 is 21.9 Å². The highest BCUT2D eigenvalue weighted by molar-refractivity contribution is 7.89. The monoisotopic (exact) mass is 391 g/mol. The molecule has 0 unspecified atom stereocenters. The number of ketones is 1. The fraction of sp³-hybridized carbons (Fsp3) is 0.0625. The van der Waals surface area contributed by atoms with Gasteiger partial charge < -0.3 is 0 Å². The average molecular weight is 391 g/mol. The van der Waals surface area contributed by atoms with Crippen LogP contribution in [0, 0.1) is 29.1 Å². The summed E-state index contributed by atoms with van der Waals surface area (Å²) in [6.45, 7) is 0. The molecule has 138 valence electrons. The van der Waals surface area contributed by atoms with Gasteiger partial charge in [-0.1, -0.05) is 0 Å². The molecule has 0 saturated heterocycles. The lowest BCUT2D eigenvalue weighted by molar-refractivity contribution is 0.104. The SMILES string of the molecule is CNS(=O)(=O)c1ccc(C(=O)/C=C/c2c(F)c(F)c(F)c(F)c2F)cc1. The largest absolute Gasteiger partial charge is 0.289 e. The number of allylic oxidation sites excluding steroid dienone is 1. The van der Waals surface area contributed by atoms with E-state index >= 15 is 0 Å². The molecule has 4 nitrogen and oxygen atoms in total. The Morgan fingerprint density at radius 2 is 1.35 bits per heavy atom. The fourth-order valence-electron chi connectivity index (χ4n) is 1.94. The maximum Gasteiger partial charge on any atom is 0.240 e. The van der Waals surface area contributed by atoms with E-state index in [1.54, 1.807) is 0 Å². The maximum absolute atomic E-state index is 13.5. The first-order valence-electron chi connectivity index (χ1n) is 6.87. The molecule has 0 aliphatic rings. The summed E-state index contributed by atoms with van der Waals surface area (Å²) < 4.78 is 91.4. The van der Waals surface area contributed by atoms with Gasteiger partial charge in [-0.15, -0.1) is 0 Å². The second-order valence-electron chi connectivity index (χ2n) is 4.91. The van der Waals surface area contributed by atoms with Crippen LogP contribution in [-0.2, 0) is 10.0 Å². The molecule has 0 fully saturated rings. The number of carbonyl (C=O) groups is 1. The molecule has 2 rings (SSSR count). The Balaban J connectivity index is 2.34. The smallest absolute Gasteiger partial charge is 0.240 e. The van der Waals surface area contributed by atoms with E-state index in [9.17, 15) is 35.2 Å². The van der Waals surface area contributed by atoms with Gasteiger partial charge in [-0.05, 0) is 43.5 Å². The summed E-state index contributed by atoms with van der Waals surface area (Å²) in [5, 5.41) is 0. The second kappa shape index (κ2) is 7.34. The number of rotatable bonds is 5. The molecule has 0 aromatic heterocycles. The van der Waals surface area contributed by atoms with Gasteiger partial charge in [0.1, 0.15) is 0 Å². The normalized spacial score (nSPS) is 11.9. The van der Waals surface area contributed by atoms with Gasteiger partial charge in [0.15, 0.2) is 29.1 Å². The van der Waals surface area contributed by atoms with E-state index in [1.165, 1.54) is 7.05 Å².